The van der Waals surface area contributed by atoms with Gasteiger partial charge in [0.25, 0.3) is 32.1 Å². The molecule has 6 aromatic rings. The number of phenolic OH excluding ortho intramolecular Hbond substituents is 2. The van der Waals surface area contributed by atoms with Crippen molar-refractivity contribution < 1.29 is 55.3 Å². The van der Waals surface area contributed by atoms with Crippen molar-refractivity contribution in [2.24, 2.45) is 0 Å². The second kappa shape index (κ2) is 14.3. The maximum absolute atomic E-state index is 13.0. The van der Waals surface area contributed by atoms with E-state index < -0.39 is 65.2 Å². The first-order valence-electron chi connectivity index (χ1n) is 15.4. The molecule has 54 heavy (non-hydrogen) atoms. The van der Waals surface area contributed by atoms with Crippen molar-refractivity contribution in [3.8, 4) is 11.5 Å². The monoisotopic (exact) mass is 770 g/mol. The first kappa shape index (κ1) is 36.9. The molecule has 0 atom stereocenters. The molecule has 0 aromatic heterocycles. The van der Waals surface area contributed by atoms with Gasteiger partial charge < -0.3 is 31.5 Å². The molecule has 0 saturated heterocycles. The largest absolute Gasteiger partial charge is 0.507 e. The molecule has 6 rings (SSSR count). The summed E-state index contributed by atoms with van der Waals surface area (Å²) in [5.74, 6) is -4.27. The van der Waals surface area contributed by atoms with Gasteiger partial charge in [-0.3, -0.25) is 28.3 Å². The van der Waals surface area contributed by atoms with Gasteiger partial charge in [-0.15, -0.1) is 0 Å². The first-order chi connectivity index (χ1) is 25.4. The maximum Gasteiger partial charge on any atom is 0.314 e. The molecule has 0 radical (unpaired) electrons. The zero-order valence-corrected chi connectivity index (χ0v) is 28.9. The number of benzene rings is 6. The van der Waals surface area contributed by atoms with Crippen LogP contribution in [0.25, 0.3) is 21.5 Å². The average Bonchev–Trinajstić information content (AvgIpc) is 3.10. The number of nitrogens with one attached hydrogen (secondary N) is 4. The number of phenols is 2. The molecule has 0 bridgehead atoms. The van der Waals surface area contributed by atoms with Crippen molar-refractivity contribution >= 4 is 88.2 Å². The van der Waals surface area contributed by atoms with Crippen LogP contribution in [0.4, 0.5) is 22.7 Å². The minimum absolute atomic E-state index is 0.0728. The Kier molecular flexibility index (Phi) is 9.76. The number of carbonyl (C=O) groups is 4. The van der Waals surface area contributed by atoms with Gasteiger partial charge in [0, 0.05) is 56.8 Å². The summed E-state index contributed by atoms with van der Waals surface area (Å²) in [5.41, 5.74) is 0.758. The Morgan fingerprint density at radius 2 is 0.815 bits per heavy atom. The smallest absolute Gasteiger partial charge is 0.314 e. The number of fused-ring (bicyclic) bond motifs is 2. The number of rotatable bonds is 8. The van der Waals surface area contributed by atoms with Crippen LogP contribution in [0.3, 0.4) is 0 Å². The van der Waals surface area contributed by atoms with Crippen molar-refractivity contribution in [2.75, 3.05) is 21.3 Å². The van der Waals surface area contributed by atoms with Crippen molar-refractivity contribution in [1.29, 1.82) is 0 Å². The fourth-order valence-electron chi connectivity index (χ4n) is 5.36. The predicted octanol–water partition coefficient (Wildman–Crippen LogP) is 4.98. The zero-order valence-electron chi connectivity index (χ0n) is 27.3. The number of hydrogen-bond acceptors (Lipinski definition) is 10. The van der Waals surface area contributed by atoms with E-state index >= 15 is 0 Å². The minimum Gasteiger partial charge on any atom is -0.507 e. The molecule has 0 aliphatic rings. The van der Waals surface area contributed by atoms with Crippen LogP contribution in [0.5, 0.6) is 11.5 Å². The van der Waals surface area contributed by atoms with Gasteiger partial charge in [-0.2, -0.15) is 16.8 Å². The Hall–Kier alpha value is -6.86. The standard InChI is InChI=1S/C36H26N4O12S2/c41-31-17-27(53(47,48)49)15-21-13-25(7-9-29(21)31)37-33(43)19-3-1-5-23(11-19)39-35(45)36(46)40-24-6-2-4-20(12-24)34(44)38-26-8-10-30-22(14-26)16-28(18-32(30)42)54(50,51)52/h1-18,41-42H,(H,37,43)(H,38,44)(H,39,45)(H,40,46)(H,47,48,49)(H,50,51,52). The first-order valence-corrected chi connectivity index (χ1v) is 18.3. The molecule has 274 valence electrons. The van der Waals surface area contributed by atoms with Gasteiger partial charge in [-0.25, -0.2) is 0 Å². The average molecular weight is 771 g/mol. The van der Waals surface area contributed by atoms with Crippen LogP contribution in [0.2, 0.25) is 0 Å². The number of amides is 4. The normalized spacial score (nSPS) is 11.5. The molecule has 0 aliphatic carbocycles. The quantitative estimate of drug-likeness (QED) is 0.0753. The number of aromatic hydroxyl groups is 2. The highest BCUT2D eigenvalue weighted by molar-refractivity contribution is 7.86. The Morgan fingerprint density at radius 3 is 1.19 bits per heavy atom. The van der Waals surface area contributed by atoms with Gasteiger partial charge in [0.1, 0.15) is 11.5 Å². The summed E-state index contributed by atoms with van der Waals surface area (Å²) in [6.45, 7) is 0. The van der Waals surface area contributed by atoms with Gasteiger partial charge in [0.2, 0.25) is 0 Å². The van der Waals surface area contributed by atoms with Crippen LogP contribution in [0.15, 0.2) is 119 Å². The molecule has 4 amide bonds. The third-order valence-electron chi connectivity index (χ3n) is 7.89. The molecule has 16 nitrogen and oxygen atoms in total. The summed E-state index contributed by atoms with van der Waals surface area (Å²) < 4.78 is 65.0. The zero-order chi connectivity index (χ0) is 38.9. The van der Waals surface area contributed by atoms with E-state index in [4.69, 9.17) is 0 Å². The van der Waals surface area contributed by atoms with E-state index in [0.717, 1.165) is 24.3 Å². The molecular formula is C36H26N4O12S2. The molecule has 6 aromatic carbocycles. The van der Waals surface area contributed by atoms with Crippen LogP contribution in [-0.2, 0) is 29.8 Å². The van der Waals surface area contributed by atoms with Crippen molar-refractivity contribution in [2.45, 2.75) is 9.79 Å². The van der Waals surface area contributed by atoms with Crippen LogP contribution in [0.1, 0.15) is 20.7 Å². The van der Waals surface area contributed by atoms with Crippen molar-refractivity contribution in [3.63, 3.8) is 0 Å². The van der Waals surface area contributed by atoms with E-state index in [-0.39, 0.29) is 55.4 Å². The lowest BCUT2D eigenvalue weighted by Gasteiger charge is -2.11. The summed E-state index contributed by atoms with van der Waals surface area (Å²) in [6.07, 6.45) is 0. The van der Waals surface area contributed by atoms with Crippen LogP contribution >= 0.6 is 0 Å². The number of carbonyl (C=O) groups excluding carboxylic acids is 4. The lowest BCUT2D eigenvalue weighted by Crippen LogP contribution is -2.29. The SMILES string of the molecule is O=C(Nc1cccc(C(=O)Nc2ccc3c(O)cc(S(=O)(=O)O)cc3c2)c1)C(=O)Nc1cccc(C(=O)Nc2ccc3c(O)cc(S(=O)(=O)O)cc3c2)c1. The highest BCUT2D eigenvalue weighted by Crippen LogP contribution is 2.32. The lowest BCUT2D eigenvalue weighted by atomic mass is 10.1. The third-order valence-corrected chi connectivity index (χ3v) is 9.55. The summed E-state index contributed by atoms with van der Waals surface area (Å²) in [6, 6.07) is 23.8. The molecule has 0 saturated carbocycles. The van der Waals surface area contributed by atoms with Crippen LogP contribution < -0.4 is 21.3 Å². The molecule has 0 spiro atoms. The molecule has 18 heteroatoms. The Labute approximate surface area is 305 Å². The Morgan fingerprint density at radius 1 is 0.444 bits per heavy atom. The van der Waals surface area contributed by atoms with E-state index in [2.05, 4.69) is 21.3 Å². The van der Waals surface area contributed by atoms with Gasteiger partial charge in [0.05, 0.1) is 9.79 Å². The summed E-state index contributed by atoms with van der Waals surface area (Å²) >= 11 is 0. The van der Waals surface area contributed by atoms with Gasteiger partial charge in [-0.05, 0) is 95.7 Å². The predicted molar refractivity (Wildman–Crippen MR) is 197 cm³/mol. The fraction of sp³-hybridized carbons (Fsp3) is 0. The summed E-state index contributed by atoms with van der Waals surface area (Å²) in [4.78, 5) is 50.5. The second-order valence-corrected chi connectivity index (χ2v) is 14.5. The van der Waals surface area contributed by atoms with Crippen molar-refractivity contribution in [1.82, 2.24) is 0 Å². The van der Waals surface area contributed by atoms with E-state index in [1.807, 2.05) is 0 Å². The maximum atomic E-state index is 13.0. The van der Waals surface area contributed by atoms with E-state index in [9.17, 15) is 55.3 Å². The molecule has 0 fully saturated rings. The summed E-state index contributed by atoms with van der Waals surface area (Å²) in [5, 5.41) is 31.3. The number of hydrogen-bond donors (Lipinski definition) is 8. The van der Waals surface area contributed by atoms with Gasteiger partial charge >= 0.3 is 11.8 Å². The van der Waals surface area contributed by atoms with E-state index in [0.29, 0.717) is 0 Å². The lowest BCUT2D eigenvalue weighted by molar-refractivity contribution is -0.132. The molecule has 8 N–H and O–H groups in total. The third kappa shape index (κ3) is 8.27. The molecule has 0 unspecified atom stereocenters. The summed E-state index contributed by atoms with van der Waals surface area (Å²) in [7, 11) is -9.23. The van der Waals surface area contributed by atoms with Crippen molar-refractivity contribution in [3.05, 3.63) is 120 Å². The molecule has 0 heterocycles. The Balaban J connectivity index is 1.09. The van der Waals surface area contributed by atoms with E-state index in [1.165, 1.54) is 84.9 Å². The van der Waals surface area contributed by atoms with Crippen LogP contribution in [-0.4, -0.2) is 59.8 Å². The fourth-order valence-corrected chi connectivity index (χ4v) is 6.43. The van der Waals surface area contributed by atoms with E-state index in [1.54, 1.807) is 0 Å². The topological polar surface area (TPSA) is 266 Å². The highest BCUT2D eigenvalue weighted by Gasteiger charge is 2.19. The highest BCUT2D eigenvalue weighted by atomic mass is 32.2. The van der Waals surface area contributed by atoms with Gasteiger partial charge in [0.15, 0.2) is 0 Å². The second-order valence-electron chi connectivity index (χ2n) is 11.7. The van der Waals surface area contributed by atoms with Gasteiger partial charge in [-0.1, -0.05) is 12.1 Å². The molecular weight excluding hydrogens is 745 g/mol. The Bertz CT molecular complexity index is 2600. The number of anilines is 4. The van der Waals surface area contributed by atoms with Crippen LogP contribution in [0, 0.1) is 0 Å². The minimum atomic E-state index is -4.61. The molecule has 0 aliphatic heterocycles.